The van der Waals surface area contributed by atoms with Gasteiger partial charge >= 0.3 is 5.69 Å². The lowest BCUT2D eigenvalue weighted by Crippen LogP contribution is -2.33. The van der Waals surface area contributed by atoms with Crippen LogP contribution in [0.3, 0.4) is 0 Å². The molecular weight excluding hydrogens is 887 g/mol. The molecule has 17 nitrogen and oxygen atoms in total. The summed E-state index contributed by atoms with van der Waals surface area (Å²) in [4.78, 5) is 48.8. The number of nitrogens with zero attached hydrogens (tertiary/aromatic N) is 7. The van der Waals surface area contributed by atoms with Gasteiger partial charge in [0.15, 0.2) is 0 Å². The number of unbranched alkanes of at least 4 members (excludes halogenated alkanes) is 1. The van der Waals surface area contributed by atoms with Gasteiger partial charge in [0.2, 0.25) is 0 Å². The van der Waals surface area contributed by atoms with Gasteiger partial charge in [-0.1, -0.05) is 57.4 Å². The molecular formula is C50H63N9O8S. The monoisotopic (exact) mass is 949 g/mol. The van der Waals surface area contributed by atoms with E-state index in [1.165, 1.54) is 10.8 Å². The molecule has 0 unspecified atom stereocenters. The van der Waals surface area contributed by atoms with Gasteiger partial charge in [-0.15, -0.1) is 0 Å². The Morgan fingerprint density at radius 3 is 2.53 bits per heavy atom. The molecule has 0 bridgehead atoms. The Kier molecular flexibility index (Phi) is 18.9. The minimum Gasteiger partial charge on any atom is -0.491 e. The molecule has 2 aliphatic heterocycles. The van der Waals surface area contributed by atoms with Gasteiger partial charge in [-0.3, -0.25) is 23.3 Å². The summed E-state index contributed by atoms with van der Waals surface area (Å²) in [6.07, 6.45) is 9.75. The molecule has 1 amide bonds. The lowest BCUT2D eigenvalue weighted by Gasteiger charge is -2.27. The van der Waals surface area contributed by atoms with Crippen molar-refractivity contribution < 1.29 is 28.3 Å². The SMILES string of the molecule is CCCCOCCOc1ccc(-c2ccc3c(c2)C=C(C(=O)Nc2ccc([S@@](=O)Cc4cncn4CCC)cc2)CCN3CC(C)C)cc1.Cc1cn([C@H]2C[C@H](N=[N+]=[N-])[C@@H](CO)O2)c(=O)[nH]c1=O. The second-order valence-corrected chi connectivity index (χ2v) is 18.7. The quantitative estimate of drug-likeness (QED) is 0.0294. The van der Waals surface area contributed by atoms with E-state index in [1.54, 1.807) is 19.4 Å². The average molecular weight is 950 g/mol. The van der Waals surface area contributed by atoms with Gasteiger partial charge in [-0.2, -0.15) is 0 Å². The number of hydrogen-bond acceptors (Lipinski definition) is 11. The molecule has 2 aliphatic rings. The van der Waals surface area contributed by atoms with Crippen molar-refractivity contribution in [3.63, 3.8) is 0 Å². The third kappa shape index (κ3) is 13.9. The summed E-state index contributed by atoms with van der Waals surface area (Å²) < 4.78 is 33.3. The molecule has 362 valence electrons. The van der Waals surface area contributed by atoms with Gasteiger partial charge < -0.3 is 34.1 Å². The zero-order valence-electron chi connectivity index (χ0n) is 39.5. The maximum absolute atomic E-state index is 13.7. The summed E-state index contributed by atoms with van der Waals surface area (Å²) in [6.45, 7) is 14.4. The number of amides is 1. The fourth-order valence-corrected chi connectivity index (χ4v) is 9.08. The molecule has 0 saturated carbocycles. The summed E-state index contributed by atoms with van der Waals surface area (Å²) in [7, 11) is -1.21. The number of azide groups is 1. The summed E-state index contributed by atoms with van der Waals surface area (Å²) in [5.41, 5.74) is 14.4. The summed E-state index contributed by atoms with van der Waals surface area (Å²) in [5, 5.41) is 15.8. The largest absolute Gasteiger partial charge is 0.491 e. The Morgan fingerprint density at radius 1 is 1.06 bits per heavy atom. The number of rotatable bonds is 20. The maximum atomic E-state index is 13.7. The van der Waals surface area contributed by atoms with E-state index in [-0.39, 0.29) is 18.9 Å². The number of H-pyrrole nitrogens is 1. The van der Waals surface area contributed by atoms with Crippen molar-refractivity contribution in [2.75, 3.05) is 49.7 Å². The summed E-state index contributed by atoms with van der Waals surface area (Å²) in [5.74, 6) is 1.57. The molecule has 4 atom stereocenters. The van der Waals surface area contributed by atoms with Crippen molar-refractivity contribution in [2.24, 2.45) is 11.0 Å². The number of anilines is 2. The minimum atomic E-state index is -1.21. The van der Waals surface area contributed by atoms with E-state index in [2.05, 4.69) is 92.8 Å². The first kappa shape index (κ1) is 51.1. The van der Waals surface area contributed by atoms with Crippen LogP contribution in [-0.2, 0) is 37.4 Å². The van der Waals surface area contributed by atoms with Crippen molar-refractivity contribution >= 4 is 34.2 Å². The van der Waals surface area contributed by atoms with Crippen molar-refractivity contribution in [1.82, 2.24) is 19.1 Å². The van der Waals surface area contributed by atoms with Gasteiger partial charge in [0, 0.05) is 77.4 Å². The molecule has 3 aromatic carbocycles. The van der Waals surface area contributed by atoms with Crippen LogP contribution in [-0.4, -0.2) is 86.0 Å². The molecule has 2 aromatic heterocycles. The van der Waals surface area contributed by atoms with E-state index >= 15 is 0 Å². The standard InChI is InChI=1S/C40H50N4O4S.C10H13N5O4/c1-5-7-21-47-22-23-48-37-13-8-31(9-14-37)32-10-17-39-34(24-32)25-33(18-20-43(39)27-30(3)4)40(45)42-35-11-15-38(16-12-35)49(46)28-36-26-41-29-44(36)19-6-2;1-5-3-15(10(18)12-9(5)17)8-2-6(13-14-11)7(4-16)19-8/h8-17,24-26,29-30H,5-7,18-23,27-28H2,1-4H3,(H,42,45);3,6-8,16H,2,4H2,1H3,(H,12,17,18)/t49-;6-,7+,8+/m00/s1. The van der Waals surface area contributed by atoms with Crippen molar-refractivity contribution in [3.05, 3.63) is 139 Å². The van der Waals surface area contributed by atoms with Crippen LogP contribution < -0.4 is 26.2 Å². The highest BCUT2D eigenvalue weighted by Crippen LogP contribution is 2.34. The summed E-state index contributed by atoms with van der Waals surface area (Å²) in [6, 6.07) is 21.4. The van der Waals surface area contributed by atoms with Crippen molar-refractivity contribution in [2.45, 2.75) is 102 Å². The Labute approximate surface area is 399 Å². The molecule has 0 aliphatic carbocycles. The van der Waals surface area contributed by atoms with Crippen LogP contribution in [0.2, 0.25) is 0 Å². The van der Waals surface area contributed by atoms with Crippen LogP contribution in [0.5, 0.6) is 5.75 Å². The molecule has 4 heterocycles. The predicted octanol–water partition coefficient (Wildman–Crippen LogP) is 8.16. The number of fused-ring (bicyclic) bond motifs is 1. The lowest BCUT2D eigenvalue weighted by molar-refractivity contribution is -0.112. The number of aliphatic hydroxyl groups is 1. The number of imidazole rings is 1. The normalized spacial score (nSPS) is 17.0. The van der Waals surface area contributed by atoms with Crippen LogP contribution in [0.4, 0.5) is 11.4 Å². The Morgan fingerprint density at radius 2 is 1.82 bits per heavy atom. The number of aromatic nitrogens is 4. The topological polar surface area (TPSA) is 219 Å². The van der Waals surface area contributed by atoms with Crippen molar-refractivity contribution in [3.8, 4) is 16.9 Å². The second-order valence-electron chi connectivity index (χ2n) is 17.2. The number of carbonyl (C=O) groups is 1. The number of ether oxygens (including phenoxy) is 3. The maximum Gasteiger partial charge on any atom is 0.330 e. The third-order valence-electron chi connectivity index (χ3n) is 11.5. The smallest absolute Gasteiger partial charge is 0.330 e. The zero-order chi connectivity index (χ0) is 48.6. The van der Waals surface area contributed by atoms with E-state index in [9.17, 15) is 18.6 Å². The van der Waals surface area contributed by atoms with Gasteiger partial charge in [-0.25, -0.2) is 9.78 Å². The molecule has 0 spiro atoms. The molecule has 1 fully saturated rings. The Balaban J connectivity index is 0.000000333. The Hall–Kier alpha value is -6.30. The van der Waals surface area contributed by atoms with Crippen LogP contribution in [0.15, 0.2) is 111 Å². The zero-order valence-corrected chi connectivity index (χ0v) is 40.3. The highest BCUT2D eigenvalue weighted by Gasteiger charge is 2.36. The molecule has 68 heavy (non-hydrogen) atoms. The molecule has 18 heteroatoms. The van der Waals surface area contributed by atoms with Gasteiger partial charge in [-0.05, 0) is 109 Å². The number of aryl methyl sites for hydroxylation is 2. The van der Waals surface area contributed by atoms with Gasteiger partial charge in [0.05, 0.1) is 53.9 Å². The lowest BCUT2D eigenvalue weighted by atomic mass is 10.00. The van der Waals surface area contributed by atoms with Gasteiger partial charge in [0.25, 0.3) is 11.5 Å². The Bertz CT molecular complexity index is 2670. The van der Waals surface area contributed by atoms with Crippen LogP contribution >= 0.6 is 0 Å². The predicted molar refractivity (Wildman–Crippen MR) is 265 cm³/mol. The molecule has 7 rings (SSSR count). The first-order valence-corrected chi connectivity index (χ1v) is 24.5. The fraction of sp³-hybridized carbons (Fsp3) is 0.440. The third-order valence-corrected chi connectivity index (χ3v) is 12.9. The fourth-order valence-electron chi connectivity index (χ4n) is 7.96. The molecule has 0 radical (unpaired) electrons. The second kappa shape index (κ2) is 25.2. The van der Waals surface area contributed by atoms with Crippen LogP contribution in [0.25, 0.3) is 27.6 Å². The highest BCUT2D eigenvalue weighted by molar-refractivity contribution is 7.84. The van der Waals surface area contributed by atoms with E-state index in [0.717, 1.165) is 89.8 Å². The van der Waals surface area contributed by atoms with Crippen LogP contribution in [0, 0.1) is 12.8 Å². The number of benzene rings is 3. The molecule has 3 N–H and O–H groups in total. The number of hydrogen-bond donors (Lipinski definition) is 3. The molecule has 5 aromatic rings. The first-order chi connectivity index (χ1) is 32.9. The number of carbonyl (C=O) groups excluding carboxylic acids is 1. The highest BCUT2D eigenvalue weighted by atomic mass is 32.2. The average Bonchev–Trinajstić information content (AvgIpc) is 3.91. The number of aliphatic hydroxyl groups excluding tert-OH is 1. The van der Waals surface area contributed by atoms with E-state index < -0.39 is 40.4 Å². The van der Waals surface area contributed by atoms with Crippen LogP contribution in [0.1, 0.15) is 82.8 Å². The molecule has 1 saturated heterocycles. The van der Waals surface area contributed by atoms with Gasteiger partial charge in [0.1, 0.15) is 18.6 Å². The van der Waals surface area contributed by atoms with E-state index in [0.29, 0.717) is 42.6 Å². The van der Waals surface area contributed by atoms with Crippen molar-refractivity contribution in [1.29, 1.82) is 0 Å². The first-order valence-electron chi connectivity index (χ1n) is 23.2. The summed E-state index contributed by atoms with van der Waals surface area (Å²) >= 11 is 0. The number of aromatic amines is 1. The van der Waals surface area contributed by atoms with E-state index in [4.69, 9.17) is 24.8 Å². The van der Waals surface area contributed by atoms with E-state index in [1.807, 2.05) is 42.5 Å². The number of nitrogens with one attached hydrogen (secondary N) is 2. The minimum absolute atomic E-state index is 0.125.